The molecular weight excluding hydrogens is 126 g/mol. The summed E-state index contributed by atoms with van der Waals surface area (Å²) in [6.45, 7) is 1.67. The lowest BCUT2D eigenvalue weighted by Gasteiger charge is -1.53. The standard InChI is InChI=1S/C8H3NO/c1-2-3-4-5-6-7-9-8-10/h1H3. The molecule has 0 N–H and O–H groups in total. The smallest absolute Gasteiger partial charge is 0.210 e. The van der Waals surface area contributed by atoms with E-state index in [2.05, 4.69) is 40.6 Å². The van der Waals surface area contributed by atoms with E-state index in [0.29, 0.717) is 0 Å². The van der Waals surface area contributed by atoms with Gasteiger partial charge in [-0.2, -0.15) is 0 Å². The minimum atomic E-state index is 1.26. The van der Waals surface area contributed by atoms with Crippen molar-refractivity contribution in [2.24, 2.45) is 4.99 Å². The number of rotatable bonds is 0. The van der Waals surface area contributed by atoms with Crippen LogP contribution in [0.5, 0.6) is 0 Å². The van der Waals surface area contributed by atoms with Crippen molar-refractivity contribution < 1.29 is 4.79 Å². The van der Waals surface area contributed by atoms with Gasteiger partial charge in [0.05, 0.1) is 6.04 Å². The van der Waals surface area contributed by atoms with Gasteiger partial charge in [0.15, 0.2) is 0 Å². The Morgan fingerprint density at radius 2 is 1.80 bits per heavy atom. The van der Waals surface area contributed by atoms with Crippen LogP contribution in [0, 0.1) is 35.6 Å². The molecule has 0 aromatic heterocycles. The van der Waals surface area contributed by atoms with E-state index in [-0.39, 0.29) is 0 Å². The van der Waals surface area contributed by atoms with Crippen LogP contribution in [0.25, 0.3) is 0 Å². The topological polar surface area (TPSA) is 29.4 Å². The van der Waals surface area contributed by atoms with Crippen molar-refractivity contribution in [3.8, 4) is 35.6 Å². The molecule has 0 aliphatic rings. The number of carbonyl (C=O) groups excluding carboxylic acids is 1. The maximum atomic E-state index is 9.42. The second-order valence-corrected chi connectivity index (χ2v) is 1.06. The van der Waals surface area contributed by atoms with Crippen LogP contribution in [0.4, 0.5) is 0 Å². The summed E-state index contributed by atoms with van der Waals surface area (Å²) in [5, 5.41) is 0. The lowest BCUT2D eigenvalue weighted by Crippen LogP contribution is -1.52. The molecule has 0 saturated carbocycles. The predicted octanol–water partition coefficient (Wildman–Crippen LogP) is 0.310. The van der Waals surface area contributed by atoms with Gasteiger partial charge in [-0.05, 0) is 18.8 Å². The third-order valence-corrected chi connectivity index (χ3v) is 0.470. The summed E-state index contributed by atoms with van der Waals surface area (Å²) in [7, 11) is 0. The molecule has 0 aliphatic heterocycles. The molecule has 2 nitrogen and oxygen atoms in total. The molecule has 0 saturated heterocycles. The lowest BCUT2D eigenvalue weighted by molar-refractivity contribution is 0.565. The average Bonchev–Trinajstić information content (AvgIpc) is 1.97. The van der Waals surface area contributed by atoms with Crippen LogP contribution in [0.15, 0.2) is 4.99 Å². The van der Waals surface area contributed by atoms with E-state index < -0.39 is 0 Å². The van der Waals surface area contributed by atoms with Crippen LogP contribution >= 0.6 is 0 Å². The molecular formula is C8H3NO. The molecule has 0 aromatic carbocycles. The van der Waals surface area contributed by atoms with Gasteiger partial charge in [0.25, 0.3) is 0 Å². The molecule has 0 amide bonds. The highest BCUT2D eigenvalue weighted by Crippen LogP contribution is 1.55. The Balaban J connectivity index is 3.98. The maximum Gasteiger partial charge on any atom is 0.249 e. The van der Waals surface area contributed by atoms with Gasteiger partial charge in [-0.25, -0.2) is 4.79 Å². The van der Waals surface area contributed by atoms with Crippen molar-refractivity contribution in [2.75, 3.05) is 0 Å². The van der Waals surface area contributed by atoms with E-state index in [0.717, 1.165) is 0 Å². The molecule has 0 spiro atoms. The highest BCUT2D eigenvalue weighted by Gasteiger charge is 1.54. The van der Waals surface area contributed by atoms with E-state index in [1.807, 2.05) is 0 Å². The van der Waals surface area contributed by atoms with Gasteiger partial charge >= 0.3 is 0 Å². The summed E-state index contributed by atoms with van der Waals surface area (Å²) in [5.74, 6) is 12.1. The Hall–Kier alpha value is -1.94. The minimum Gasteiger partial charge on any atom is -0.210 e. The summed E-state index contributed by atoms with van der Waals surface area (Å²) in [6.07, 6.45) is 1.26. The van der Waals surface area contributed by atoms with E-state index in [1.54, 1.807) is 6.92 Å². The Morgan fingerprint density at radius 1 is 1.10 bits per heavy atom. The predicted molar refractivity (Wildman–Crippen MR) is 37.1 cm³/mol. The zero-order valence-corrected chi connectivity index (χ0v) is 5.36. The molecule has 0 aliphatic carbocycles. The van der Waals surface area contributed by atoms with Crippen LogP contribution in [0.1, 0.15) is 6.92 Å². The van der Waals surface area contributed by atoms with Crippen molar-refractivity contribution in [1.82, 2.24) is 0 Å². The zero-order chi connectivity index (χ0) is 7.66. The summed E-state index contributed by atoms with van der Waals surface area (Å²) in [6, 6.07) is 2.10. The van der Waals surface area contributed by atoms with Crippen LogP contribution in [0.3, 0.4) is 0 Å². The fourth-order valence-corrected chi connectivity index (χ4v) is 0.204. The largest absolute Gasteiger partial charge is 0.249 e. The first-order valence-electron chi connectivity index (χ1n) is 2.40. The number of hydrogen-bond donors (Lipinski definition) is 0. The van der Waals surface area contributed by atoms with Gasteiger partial charge in [-0.3, -0.25) is 0 Å². The molecule has 0 atom stereocenters. The Kier molecular flexibility index (Phi) is 5.69. The SMILES string of the molecule is CC#CC#CC#CN=C=O. The first-order chi connectivity index (χ1) is 4.91. The molecule has 0 unspecified atom stereocenters. The third-order valence-electron chi connectivity index (χ3n) is 0.470. The Labute approximate surface area is 59.3 Å². The summed E-state index contributed by atoms with van der Waals surface area (Å²) in [4.78, 5) is 12.4. The third kappa shape index (κ3) is 6.06. The van der Waals surface area contributed by atoms with Crippen LogP contribution in [-0.2, 0) is 4.79 Å². The average molecular weight is 129 g/mol. The minimum absolute atomic E-state index is 1.26. The van der Waals surface area contributed by atoms with E-state index >= 15 is 0 Å². The van der Waals surface area contributed by atoms with Gasteiger partial charge in [0.2, 0.25) is 6.08 Å². The van der Waals surface area contributed by atoms with Crippen molar-refractivity contribution in [1.29, 1.82) is 0 Å². The first-order valence-corrected chi connectivity index (χ1v) is 2.40. The van der Waals surface area contributed by atoms with Crippen molar-refractivity contribution in [3.63, 3.8) is 0 Å². The van der Waals surface area contributed by atoms with E-state index in [1.165, 1.54) is 6.08 Å². The molecule has 0 fully saturated rings. The highest BCUT2D eigenvalue weighted by molar-refractivity contribution is 5.40. The summed E-state index contributed by atoms with van der Waals surface area (Å²) in [5.41, 5.74) is 0. The second kappa shape index (κ2) is 7.06. The molecule has 2 heteroatoms. The van der Waals surface area contributed by atoms with Crippen molar-refractivity contribution in [2.45, 2.75) is 6.92 Å². The highest BCUT2D eigenvalue weighted by atomic mass is 16.1. The molecule has 0 bridgehead atoms. The Morgan fingerprint density at radius 3 is 2.40 bits per heavy atom. The normalized spacial score (nSPS) is 4.10. The molecule has 0 heterocycles. The van der Waals surface area contributed by atoms with Crippen molar-refractivity contribution in [3.05, 3.63) is 0 Å². The fraction of sp³-hybridized carbons (Fsp3) is 0.125. The number of aliphatic imine (C=N–C) groups is 1. The number of nitrogens with zero attached hydrogens (tertiary/aromatic N) is 1. The van der Waals surface area contributed by atoms with Crippen LogP contribution in [-0.4, -0.2) is 6.08 Å². The number of isocyanates is 1. The first kappa shape index (κ1) is 8.06. The fourth-order valence-electron chi connectivity index (χ4n) is 0.204. The van der Waals surface area contributed by atoms with Crippen molar-refractivity contribution >= 4 is 6.08 Å². The van der Waals surface area contributed by atoms with Crippen LogP contribution in [0.2, 0.25) is 0 Å². The van der Waals surface area contributed by atoms with E-state index in [9.17, 15) is 4.79 Å². The molecule has 0 rings (SSSR count). The van der Waals surface area contributed by atoms with Gasteiger partial charge in [0, 0.05) is 11.8 Å². The van der Waals surface area contributed by atoms with Gasteiger partial charge in [-0.1, -0.05) is 5.92 Å². The maximum absolute atomic E-state index is 9.42. The van der Waals surface area contributed by atoms with Gasteiger partial charge in [-0.15, -0.1) is 4.99 Å². The van der Waals surface area contributed by atoms with Gasteiger partial charge in [0.1, 0.15) is 0 Å². The molecule has 10 heavy (non-hydrogen) atoms. The molecule has 46 valence electrons. The second-order valence-electron chi connectivity index (χ2n) is 1.06. The molecule has 0 radical (unpaired) electrons. The zero-order valence-electron chi connectivity index (χ0n) is 5.36. The Bertz CT molecular complexity index is 315. The molecule has 0 aromatic rings. The lowest BCUT2D eigenvalue weighted by atomic mass is 10.5. The quantitative estimate of drug-likeness (QED) is 0.263. The van der Waals surface area contributed by atoms with Crippen LogP contribution < -0.4 is 0 Å². The summed E-state index contributed by atoms with van der Waals surface area (Å²) >= 11 is 0. The number of hydrogen-bond acceptors (Lipinski definition) is 2. The summed E-state index contributed by atoms with van der Waals surface area (Å²) < 4.78 is 0. The van der Waals surface area contributed by atoms with Gasteiger partial charge < -0.3 is 0 Å². The van der Waals surface area contributed by atoms with E-state index in [4.69, 9.17) is 0 Å². The monoisotopic (exact) mass is 129 g/mol.